The molecule has 0 aromatic heterocycles. The van der Waals surface area contributed by atoms with E-state index in [0.29, 0.717) is 25.7 Å². The van der Waals surface area contributed by atoms with Crippen molar-refractivity contribution < 1.29 is 13.5 Å². The number of benzene rings is 2. The highest BCUT2D eigenvalue weighted by atomic mass is 19.1. The van der Waals surface area contributed by atoms with Crippen LogP contribution >= 0.6 is 0 Å². The van der Waals surface area contributed by atoms with Crippen LogP contribution in [0.2, 0.25) is 0 Å². The number of hydrogen-bond donors (Lipinski definition) is 2. The van der Waals surface area contributed by atoms with Gasteiger partial charge in [0.25, 0.3) is 0 Å². The summed E-state index contributed by atoms with van der Waals surface area (Å²) in [6.45, 7) is 4.63. The third kappa shape index (κ3) is 7.52. The second kappa shape index (κ2) is 11.2. The SMILES string of the molecule is CCNC(=NCc1cccc(OCCN(C)C)c1)NCc1cc(F)ccc1F. The van der Waals surface area contributed by atoms with Gasteiger partial charge in [-0.3, -0.25) is 0 Å². The van der Waals surface area contributed by atoms with E-state index in [-0.39, 0.29) is 12.1 Å². The van der Waals surface area contributed by atoms with Crippen molar-refractivity contribution in [2.24, 2.45) is 4.99 Å². The number of nitrogens with one attached hydrogen (secondary N) is 2. The lowest BCUT2D eigenvalue weighted by atomic mass is 10.2. The summed E-state index contributed by atoms with van der Waals surface area (Å²) >= 11 is 0. The van der Waals surface area contributed by atoms with Crippen molar-refractivity contribution in [1.82, 2.24) is 15.5 Å². The lowest BCUT2D eigenvalue weighted by Gasteiger charge is -2.13. The summed E-state index contributed by atoms with van der Waals surface area (Å²) in [6.07, 6.45) is 0. The molecule has 7 heteroatoms. The van der Waals surface area contributed by atoms with Crippen molar-refractivity contribution in [2.75, 3.05) is 33.8 Å². The summed E-state index contributed by atoms with van der Waals surface area (Å²) in [5.74, 6) is 0.415. The van der Waals surface area contributed by atoms with E-state index in [2.05, 4.69) is 20.5 Å². The normalized spacial score (nSPS) is 11.6. The van der Waals surface area contributed by atoms with E-state index in [1.165, 1.54) is 6.07 Å². The third-order valence-corrected chi connectivity index (χ3v) is 3.92. The number of halogens is 2. The van der Waals surface area contributed by atoms with Gasteiger partial charge < -0.3 is 20.3 Å². The van der Waals surface area contributed by atoms with Crippen LogP contribution < -0.4 is 15.4 Å². The molecule has 0 aliphatic carbocycles. The van der Waals surface area contributed by atoms with Crippen LogP contribution in [0.1, 0.15) is 18.1 Å². The van der Waals surface area contributed by atoms with E-state index >= 15 is 0 Å². The van der Waals surface area contributed by atoms with Gasteiger partial charge >= 0.3 is 0 Å². The second-order valence-electron chi connectivity index (χ2n) is 6.58. The zero-order chi connectivity index (χ0) is 20.4. The Morgan fingerprint density at radius 3 is 2.68 bits per heavy atom. The maximum Gasteiger partial charge on any atom is 0.191 e. The van der Waals surface area contributed by atoms with Gasteiger partial charge in [0.15, 0.2) is 5.96 Å². The highest BCUT2D eigenvalue weighted by Crippen LogP contribution is 2.14. The number of guanidine groups is 1. The van der Waals surface area contributed by atoms with Crippen LogP contribution in [0.15, 0.2) is 47.5 Å². The lowest BCUT2D eigenvalue weighted by Crippen LogP contribution is -2.37. The number of likely N-dealkylation sites (N-methyl/N-ethyl adjacent to an activating group) is 1. The summed E-state index contributed by atoms with van der Waals surface area (Å²) in [5.41, 5.74) is 1.25. The third-order valence-electron chi connectivity index (χ3n) is 3.92. The molecular formula is C21H28F2N4O. The molecule has 0 spiro atoms. The number of aliphatic imine (C=N–C) groups is 1. The zero-order valence-corrected chi connectivity index (χ0v) is 16.6. The zero-order valence-electron chi connectivity index (χ0n) is 16.6. The first-order chi connectivity index (χ1) is 13.5. The van der Waals surface area contributed by atoms with E-state index in [0.717, 1.165) is 30.0 Å². The van der Waals surface area contributed by atoms with Crippen molar-refractivity contribution in [3.63, 3.8) is 0 Å². The Hall–Kier alpha value is -2.67. The molecule has 5 nitrogen and oxygen atoms in total. The summed E-state index contributed by atoms with van der Waals surface area (Å²) < 4.78 is 32.8. The van der Waals surface area contributed by atoms with Gasteiger partial charge in [0.05, 0.1) is 6.54 Å². The quantitative estimate of drug-likeness (QED) is 0.510. The standard InChI is InChI=1S/C21H28F2N4O/c1-4-24-21(26-15-17-13-18(22)8-9-20(17)23)25-14-16-6-5-7-19(12-16)28-11-10-27(2)3/h5-9,12-13H,4,10-11,14-15H2,1-3H3,(H2,24,25,26). The number of hydrogen-bond acceptors (Lipinski definition) is 3. The minimum absolute atomic E-state index is 0.142. The van der Waals surface area contributed by atoms with E-state index in [1.807, 2.05) is 45.3 Å². The van der Waals surface area contributed by atoms with Gasteiger partial charge in [-0.2, -0.15) is 0 Å². The van der Waals surface area contributed by atoms with Crippen LogP contribution in [0, 0.1) is 11.6 Å². The largest absolute Gasteiger partial charge is 0.492 e. The molecule has 152 valence electrons. The number of ether oxygens (including phenoxy) is 1. The Labute approximate surface area is 165 Å². The first-order valence-electron chi connectivity index (χ1n) is 9.30. The van der Waals surface area contributed by atoms with Gasteiger partial charge in [-0.1, -0.05) is 12.1 Å². The first kappa shape index (κ1) is 21.6. The molecule has 0 fully saturated rings. The maximum absolute atomic E-state index is 13.8. The number of nitrogens with zero attached hydrogens (tertiary/aromatic N) is 2. The van der Waals surface area contributed by atoms with Crippen LogP contribution in [0.3, 0.4) is 0 Å². The van der Waals surface area contributed by atoms with E-state index in [9.17, 15) is 8.78 Å². The van der Waals surface area contributed by atoms with Gasteiger partial charge in [0.2, 0.25) is 0 Å². The Bertz CT molecular complexity index is 781. The van der Waals surface area contributed by atoms with Crippen LogP contribution in [0.4, 0.5) is 8.78 Å². The van der Waals surface area contributed by atoms with Crippen molar-refractivity contribution in [2.45, 2.75) is 20.0 Å². The van der Waals surface area contributed by atoms with Gasteiger partial charge in [-0.25, -0.2) is 13.8 Å². The molecule has 0 saturated carbocycles. The fourth-order valence-corrected chi connectivity index (χ4v) is 2.45. The van der Waals surface area contributed by atoms with Crippen LogP contribution in [0.5, 0.6) is 5.75 Å². The second-order valence-corrected chi connectivity index (χ2v) is 6.58. The Morgan fingerprint density at radius 1 is 1.11 bits per heavy atom. The summed E-state index contributed by atoms with van der Waals surface area (Å²) in [6, 6.07) is 11.2. The van der Waals surface area contributed by atoms with Crippen molar-refractivity contribution in [3.05, 3.63) is 65.2 Å². The molecule has 2 rings (SSSR count). The van der Waals surface area contributed by atoms with Gasteiger partial charge in [0, 0.05) is 25.2 Å². The Balaban J connectivity index is 1.97. The van der Waals surface area contributed by atoms with E-state index in [1.54, 1.807) is 0 Å². The molecule has 0 aliphatic rings. The molecule has 2 aromatic carbocycles. The molecule has 0 aliphatic heterocycles. The summed E-state index contributed by atoms with van der Waals surface area (Å²) in [5, 5.41) is 6.14. The fraction of sp³-hybridized carbons (Fsp3) is 0.381. The summed E-state index contributed by atoms with van der Waals surface area (Å²) in [7, 11) is 4.00. The molecule has 2 N–H and O–H groups in total. The molecule has 0 amide bonds. The van der Waals surface area contributed by atoms with Crippen molar-refractivity contribution in [3.8, 4) is 5.75 Å². The average molecular weight is 390 g/mol. The molecule has 0 bridgehead atoms. The minimum Gasteiger partial charge on any atom is -0.492 e. The fourth-order valence-electron chi connectivity index (χ4n) is 2.45. The van der Waals surface area contributed by atoms with Gasteiger partial charge in [-0.15, -0.1) is 0 Å². The van der Waals surface area contributed by atoms with Crippen LogP contribution in [0.25, 0.3) is 0 Å². The van der Waals surface area contributed by atoms with Crippen LogP contribution in [-0.4, -0.2) is 44.7 Å². The Morgan fingerprint density at radius 2 is 1.93 bits per heavy atom. The monoisotopic (exact) mass is 390 g/mol. The first-order valence-corrected chi connectivity index (χ1v) is 9.30. The highest BCUT2D eigenvalue weighted by molar-refractivity contribution is 5.79. The predicted molar refractivity (Wildman–Crippen MR) is 109 cm³/mol. The molecule has 28 heavy (non-hydrogen) atoms. The highest BCUT2D eigenvalue weighted by Gasteiger charge is 2.05. The summed E-state index contributed by atoms with van der Waals surface area (Å²) in [4.78, 5) is 6.57. The van der Waals surface area contributed by atoms with E-state index < -0.39 is 11.6 Å². The molecule has 0 saturated heterocycles. The topological polar surface area (TPSA) is 48.9 Å². The van der Waals surface area contributed by atoms with Crippen molar-refractivity contribution >= 4 is 5.96 Å². The van der Waals surface area contributed by atoms with Gasteiger partial charge in [0.1, 0.15) is 24.0 Å². The average Bonchev–Trinajstić information content (AvgIpc) is 2.66. The molecule has 2 aromatic rings. The maximum atomic E-state index is 13.8. The minimum atomic E-state index is -0.466. The lowest BCUT2D eigenvalue weighted by molar-refractivity contribution is 0.261. The van der Waals surface area contributed by atoms with Crippen molar-refractivity contribution in [1.29, 1.82) is 0 Å². The molecule has 0 radical (unpaired) electrons. The Kier molecular flexibility index (Phi) is 8.68. The smallest absolute Gasteiger partial charge is 0.191 e. The van der Waals surface area contributed by atoms with E-state index in [4.69, 9.17) is 4.74 Å². The van der Waals surface area contributed by atoms with Gasteiger partial charge in [-0.05, 0) is 56.9 Å². The molecular weight excluding hydrogens is 362 g/mol. The number of rotatable bonds is 9. The van der Waals surface area contributed by atoms with Crippen LogP contribution in [-0.2, 0) is 13.1 Å². The predicted octanol–water partition coefficient (Wildman–Crippen LogP) is 3.16. The molecule has 0 atom stereocenters. The molecule has 0 heterocycles. The molecule has 0 unspecified atom stereocenters.